The number of fused-ring (bicyclic) bond motifs is 3. The molecule has 4 aromatic rings. The summed E-state index contributed by atoms with van der Waals surface area (Å²) in [5.74, 6) is -4.50. The summed E-state index contributed by atoms with van der Waals surface area (Å²) in [6, 6.07) is 3.57. The molecule has 5 rings (SSSR count). The fourth-order valence-electron chi connectivity index (χ4n) is 4.74. The Bertz CT molecular complexity index is 1680. The summed E-state index contributed by atoms with van der Waals surface area (Å²) < 4.78 is 97.3. The van der Waals surface area contributed by atoms with Crippen LogP contribution in [-0.2, 0) is 12.7 Å². The van der Waals surface area contributed by atoms with E-state index in [1.165, 1.54) is 6.07 Å². The molecule has 1 atom stereocenters. The molecule has 39 heavy (non-hydrogen) atoms. The van der Waals surface area contributed by atoms with E-state index in [4.69, 9.17) is 17.3 Å². The summed E-state index contributed by atoms with van der Waals surface area (Å²) in [6.45, 7) is -0.930. The van der Waals surface area contributed by atoms with Gasteiger partial charge in [0.2, 0.25) is 5.91 Å². The number of amides is 2. The van der Waals surface area contributed by atoms with Crippen LogP contribution >= 0.6 is 11.6 Å². The minimum Gasteiger partial charge on any atom is -0.366 e. The zero-order valence-corrected chi connectivity index (χ0v) is 20.0. The van der Waals surface area contributed by atoms with Crippen molar-refractivity contribution in [2.24, 2.45) is 5.73 Å². The molecule has 1 aliphatic rings. The predicted octanol–water partition coefficient (Wildman–Crippen LogP) is 5.85. The summed E-state index contributed by atoms with van der Waals surface area (Å²) >= 11 is 6.26. The first-order valence-electron chi connectivity index (χ1n) is 11.0. The summed E-state index contributed by atoms with van der Waals surface area (Å²) in [5, 5.41) is 6.47. The van der Waals surface area contributed by atoms with Gasteiger partial charge < -0.3 is 11.1 Å². The van der Waals surface area contributed by atoms with Gasteiger partial charge in [0.1, 0.15) is 18.2 Å². The Kier molecular flexibility index (Phi) is 6.29. The van der Waals surface area contributed by atoms with Gasteiger partial charge in [-0.25, -0.2) is 17.6 Å². The molecule has 1 aliphatic heterocycles. The van der Waals surface area contributed by atoms with Crippen LogP contribution in [0, 0.1) is 11.6 Å². The number of rotatable bonds is 5. The normalized spacial score (nSPS) is 15.2. The van der Waals surface area contributed by atoms with Crippen LogP contribution in [0.5, 0.6) is 0 Å². The molecule has 3 N–H and O–H groups in total. The second-order valence-electron chi connectivity index (χ2n) is 8.68. The summed E-state index contributed by atoms with van der Waals surface area (Å²) in [6.07, 6.45) is -6.81. The molecule has 14 heteroatoms. The van der Waals surface area contributed by atoms with Crippen molar-refractivity contribution in [3.05, 3.63) is 87.1 Å². The number of hydrogen-bond donors (Lipinski definition) is 2. The van der Waals surface area contributed by atoms with Gasteiger partial charge >= 0.3 is 6.18 Å². The zero-order valence-electron chi connectivity index (χ0n) is 19.2. The van der Waals surface area contributed by atoms with E-state index in [2.05, 4.69) is 10.4 Å². The van der Waals surface area contributed by atoms with Crippen LogP contribution in [0.4, 0.5) is 30.7 Å². The van der Waals surface area contributed by atoms with E-state index < -0.39 is 65.3 Å². The maximum absolute atomic E-state index is 15.5. The number of hydrogen-bond acceptors (Lipinski definition) is 3. The predicted molar refractivity (Wildman–Crippen MR) is 125 cm³/mol. The minimum atomic E-state index is -5.04. The monoisotopic (exact) mass is 570 g/mol. The molecule has 0 saturated heterocycles. The average Bonchev–Trinajstić information content (AvgIpc) is 3.39. The third-order valence-electron chi connectivity index (χ3n) is 6.31. The second kappa shape index (κ2) is 9.26. The van der Waals surface area contributed by atoms with Crippen molar-refractivity contribution in [3.63, 3.8) is 0 Å². The first kappa shape index (κ1) is 26.5. The number of nitrogens with zero attached hydrogens (tertiary/aromatic N) is 2. The molecule has 6 nitrogen and oxygen atoms in total. The number of aromatic nitrogens is 2. The fraction of sp³-hybridized carbons (Fsp3) is 0.160. The van der Waals surface area contributed by atoms with Crippen molar-refractivity contribution in [2.45, 2.75) is 25.2 Å². The van der Waals surface area contributed by atoms with Gasteiger partial charge in [-0.3, -0.25) is 14.3 Å². The fourth-order valence-corrected chi connectivity index (χ4v) is 4.97. The number of alkyl halides is 5. The Morgan fingerprint density at radius 3 is 2.49 bits per heavy atom. The van der Waals surface area contributed by atoms with Crippen LogP contribution in [0.2, 0.25) is 5.02 Å². The second-order valence-corrected chi connectivity index (χ2v) is 9.09. The van der Waals surface area contributed by atoms with Crippen LogP contribution in [-0.4, -0.2) is 28.0 Å². The smallest absolute Gasteiger partial charge is 0.366 e. The number of nitrogens with one attached hydrogen (secondary N) is 1. The van der Waals surface area contributed by atoms with Gasteiger partial charge in [-0.05, 0) is 42.0 Å². The van der Waals surface area contributed by atoms with Crippen molar-refractivity contribution in [2.75, 3.05) is 0 Å². The number of carbonyl (C=O) groups is 2. The number of carbonyl (C=O) groups excluding carboxylic acids is 2. The molecule has 0 fully saturated rings. The SMILES string of the molecule is NC(=O)c1cc(C(F)(F)F)cc(F)c1-c1cc2c(cnn2CC(F)F)c2c1C(c1cc(F)ccc1Cl)NC2=O. The molecule has 0 bridgehead atoms. The van der Waals surface area contributed by atoms with Crippen molar-refractivity contribution in [1.29, 1.82) is 0 Å². The van der Waals surface area contributed by atoms with Gasteiger partial charge in [0.05, 0.1) is 34.4 Å². The lowest BCUT2D eigenvalue weighted by Crippen LogP contribution is -2.21. The topological polar surface area (TPSA) is 90.0 Å². The van der Waals surface area contributed by atoms with Gasteiger partial charge in [0.25, 0.3) is 12.3 Å². The maximum Gasteiger partial charge on any atom is 0.416 e. The maximum atomic E-state index is 15.5. The number of halogens is 8. The van der Waals surface area contributed by atoms with E-state index in [1.54, 1.807) is 0 Å². The third-order valence-corrected chi connectivity index (χ3v) is 6.66. The number of primary amides is 1. The Morgan fingerprint density at radius 1 is 1.13 bits per heavy atom. The van der Waals surface area contributed by atoms with E-state index >= 15 is 4.39 Å². The molecular formula is C25H14ClF7N4O2. The lowest BCUT2D eigenvalue weighted by molar-refractivity contribution is -0.137. The highest BCUT2D eigenvalue weighted by Crippen LogP contribution is 2.46. The Morgan fingerprint density at radius 2 is 1.85 bits per heavy atom. The van der Waals surface area contributed by atoms with E-state index in [0.717, 1.165) is 29.1 Å². The molecule has 202 valence electrons. The lowest BCUT2D eigenvalue weighted by atomic mass is 9.85. The molecule has 1 aromatic heterocycles. The largest absolute Gasteiger partial charge is 0.416 e. The van der Waals surface area contributed by atoms with Gasteiger partial charge in [0, 0.05) is 27.1 Å². The highest BCUT2D eigenvalue weighted by Gasteiger charge is 2.39. The summed E-state index contributed by atoms with van der Waals surface area (Å²) in [4.78, 5) is 25.5. The van der Waals surface area contributed by atoms with Gasteiger partial charge in [-0.1, -0.05) is 11.6 Å². The van der Waals surface area contributed by atoms with Gasteiger partial charge in [-0.2, -0.15) is 18.3 Å². The average molecular weight is 571 g/mol. The molecule has 2 amide bonds. The molecule has 0 spiro atoms. The Hall–Kier alpha value is -4.13. The summed E-state index contributed by atoms with van der Waals surface area (Å²) in [7, 11) is 0. The van der Waals surface area contributed by atoms with Crippen LogP contribution in [0.1, 0.15) is 43.4 Å². The van der Waals surface area contributed by atoms with E-state index in [0.29, 0.717) is 6.07 Å². The lowest BCUT2D eigenvalue weighted by Gasteiger charge is -2.20. The Labute approximate surface area is 219 Å². The van der Waals surface area contributed by atoms with E-state index in [1.807, 2.05) is 0 Å². The van der Waals surface area contributed by atoms with Crippen LogP contribution < -0.4 is 11.1 Å². The van der Waals surface area contributed by atoms with Gasteiger partial charge in [-0.15, -0.1) is 0 Å². The van der Waals surface area contributed by atoms with Crippen molar-refractivity contribution in [3.8, 4) is 11.1 Å². The molecule has 3 aromatic carbocycles. The molecule has 0 radical (unpaired) electrons. The molecular weight excluding hydrogens is 557 g/mol. The van der Waals surface area contributed by atoms with Crippen molar-refractivity contribution < 1.29 is 40.3 Å². The van der Waals surface area contributed by atoms with Gasteiger partial charge in [0.15, 0.2) is 0 Å². The van der Waals surface area contributed by atoms with E-state index in [-0.39, 0.29) is 44.2 Å². The Balaban J connectivity index is 1.92. The van der Waals surface area contributed by atoms with Crippen LogP contribution in [0.15, 0.2) is 42.6 Å². The van der Waals surface area contributed by atoms with Crippen molar-refractivity contribution in [1.82, 2.24) is 15.1 Å². The quantitative estimate of drug-likeness (QED) is 0.295. The highest BCUT2D eigenvalue weighted by molar-refractivity contribution is 6.31. The first-order chi connectivity index (χ1) is 18.3. The third kappa shape index (κ3) is 4.46. The molecule has 1 unspecified atom stereocenters. The first-order valence-corrected chi connectivity index (χ1v) is 11.4. The van der Waals surface area contributed by atoms with E-state index in [9.17, 15) is 35.9 Å². The number of benzene rings is 3. The molecule has 0 saturated carbocycles. The highest BCUT2D eigenvalue weighted by atomic mass is 35.5. The van der Waals surface area contributed by atoms with Crippen LogP contribution in [0.25, 0.3) is 22.0 Å². The zero-order chi connectivity index (χ0) is 28.4. The molecule has 2 heterocycles. The van der Waals surface area contributed by atoms with Crippen LogP contribution in [0.3, 0.4) is 0 Å². The minimum absolute atomic E-state index is 0.0114. The van der Waals surface area contributed by atoms with Crippen molar-refractivity contribution >= 4 is 34.3 Å². The standard InChI is InChI=1S/C25H14ClF7N4O2/c26-15-2-1-10(27)5-11(15)22-20-12(19-13(23(34)38)3-9(4-16(19)28)25(31,32)33)6-17-14(21(20)24(39)36-22)7-35-37(17)8-18(29)30/h1-7,18,22H,8H2,(H2,34,38)(H,36,39). The summed E-state index contributed by atoms with van der Waals surface area (Å²) in [5.41, 5.74) is 1.56. The molecule has 0 aliphatic carbocycles. The number of nitrogens with two attached hydrogens (primary N) is 1.